The van der Waals surface area contributed by atoms with Crippen LogP contribution in [0.15, 0.2) is 21.9 Å². The van der Waals surface area contributed by atoms with Crippen molar-refractivity contribution in [3.63, 3.8) is 0 Å². The maximum Gasteiger partial charge on any atom is 0.296 e. The van der Waals surface area contributed by atoms with Crippen LogP contribution in [-0.4, -0.2) is 25.9 Å². The van der Waals surface area contributed by atoms with Crippen molar-refractivity contribution in [2.75, 3.05) is 0 Å². The molecule has 1 rings (SSSR count). The highest BCUT2D eigenvalue weighted by atomic mass is 35.5. The summed E-state index contributed by atoms with van der Waals surface area (Å²) in [6, 6.07) is 3.41. The van der Waals surface area contributed by atoms with Crippen LogP contribution in [0.1, 0.15) is 0 Å². The molecule has 0 saturated heterocycles. The number of benzene rings is 1. The first-order valence-corrected chi connectivity index (χ1v) is 6.55. The standard InChI is InChI=1S/C6H4ClO6S2/c7-5-3-4(14(8,9)10)1-2-6(5)15(11,12)13/h1-2H,(H,8,9,10)(H,11,12,13). The normalized spacial score (nSPS) is 12.7. The maximum atomic E-state index is 10.7. The lowest BCUT2D eigenvalue weighted by Gasteiger charge is -2.01. The molecule has 0 aromatic heterocycles. The molecule has 0 amide bonds. The largest absolute Gasteiger partial charge is 0.296 e. The van der Waals surface area contributed by atoms with Crippen molar-refractivity contribution in [2.45, 2.75) is 9.79 Å². The molecule has 0 bridgehead atoms. The van der Waals surface area contributed by atoms with Gasteiger partial charge in [0.25, 0.3) is 20.2 Å². The van der Waals surface area contributed by atoms with Crippen LogP contribution in [0, 0.1) is 6.07 Å². The van der Waals surface area contributed by atoms with Crippen molar-refractivity contribution < 1.29 is 25.9 Å². The summed E-state index contributed by atoms with van der Waals surface area (Å²) in [6.07, 6.45) is 0. The van der Waals surface area contributed by atoms with Gasteiger partial charge in [0.05, 0.1) is 5.02 Å². The van der Waals surface area contributed by atoms with Gasteiger partial charge in [-0.05, 0) is 12.1 Å². The molecule has 83 valence electrons. The van der Waals surface area contributed by atoms with Crippen LogP contribution in [0.5, 0.6) is 0 Å². The Bertz CT molecular complexity index is 588. The molecular formula is C6H4ClO6S2. The van der Waals surface area contributed by atoms with E-state index in [9.17, 15) is 16.8 Å². The lowest BCUT2D eigenvalue weighted by Crippen LogP contribution is -2.03. The third-order valence-corrected chi connectivity index (χ3v) is 3.49. The molecule has 0 aliphatic rings. The van der Waals surface area contributed by atoms with E-state index in [1.165, 1.54) is 0 Å². The van der Waals surface area contributed by atoms with E-state index in [-0.39, 0.29) is 0 Å². The van der Waals surface area contributed by atoms with Gasteiger partial charge in [-0.15, -0.1) is 0 Å². The zero-order valence-electron chi connectivity index (χ0n) is 6.88. The molecule has 1 radical (unpaired) electrons. The third kappa shape index (κ3) is 2.89. The lowest BCUT2D eigenvalue weighted by atomic mass is 10.4. The fourth-order valence-electron chi connectivity index (χ4n) is 0.786. The van der Waals surface area contributed by atoms with E-state index in [0.717, 1.165) is 12.1 Å². The van der Waals surface area contributed by atoms with E-state index >= 15 is 0 Å². The summed E-state index contributed by atoms with van der Waals surface area (Å²) < 4.78 is 59.7. The molecule has 1 aromatic rings. The zero-order valence-corrected chi connectivity index (χ0v) is 9.27. The second-order valence-electron chi connectivity index (χ2n) is 2.45. The highest BCUT2D eigenvalue weighted by Gasteiger charge is 2.18. The van der Waals surface area contributed by atoms with Gasteiger partial charge in [0, 0.05) is 6.07 Å². The van der Waals surface area contributed by atoms with E-state index in [1.807, 2.05) is 6.07 Å². The average Bonchev–Trinajstić information content (AvgIpc) is 1.99. The van der Waals surface area contributed by atoms with Crippen molar-refractivity contribution in [3.8, 4) is 0 Å². The molecule has 1 aromatic carbocycles. The van der Waals surface area contributed by atoms with E-state index in [4.69, 9.17) is 20.7 Å². The lowest BCUT2D eigenvalue weighted by molar-refractivity contribution is 0.478. The quantitative estimate of drug-likeness (QED) is 0.764. The Hall–Kier alpha value is -0.670. The fraction of sp³-hybridized carbons (Fsp3) is 0. The molecule has 9 heteroatoms. The van der Waals surface area contributed by atoms with Gasteiger partial charge in [0.15, 0.2) is 0 Å². The van der Waals surface area contributed by atoms with E-state index in [0.29, 0.717) is 0 Å². The van der Waals surface area contributed by atoms with Crippen molar-refractivity contribution in [2.24, 2.45) is 0 Å². The minimum atomic E-state index is -4.54. The minimum Gasteiger partial charge on any atom is -0.282 e. The molecule has 0 aliphatic heterocycles. The Balaban J connectivity index is 3.47. The fourth-order valence-corrected chi connectivity index (χ4v) is 2.29. The molecule has 0 atom stereocenters. The maximum absolute atomic E-state index is 10.7. The summed E-state index contributed by atoms with van der Waals surface area (Å²) >= 11 is 5.35. The third-order valence-electron chi connectivity index (χ3n) is 1.39. The van der Waals surface area contributed by atoms with Crippen molar-refractivity contribution in [1.29, 1.82) is 0 Å². The molecule has 0 unspecified atom stereocenters. The van der Waals surface area contributed by atoms with Gasteiger partial charge in [0.1, 0.15) is 9.79 Å². The smallest absolute Gasteiger partial charge is 0.282 e. The van der Waals surface area contributed by atoms with Crippen LogP contribution in [0.25, 0.3) is 0 Å². The van der Waals surface area contributed by atoms with Crippen LogP contribution in [0.2, 0.25) is 5.02 Å². The molecule has 15 heavy (non-hydrogen) atoms. The Morgan fingerprint density at radius 3 is 1.93 bits per heavy atom. The highest BCUT2D eigenvalue weighted by molar-refractivity contribution is 7.86. The number of hydrogen-bond acceptors (Lipinski definition) is 4. The number of rotatable bonds is 2. The summed E-state index contributed by atoms with van der Waals surface area (Å²) in [4.78, 5) is -1.36. The Morgan fingerprint density at radius 2 is 1.60 bits per heavy atom. The SMILES string of the molecule is O=S(=O)(O)c1[c]c(Cl)c(S(=O)(=O)O)cc1. The molecule has 0 aliphatic carbocycles. The topological polar surface area (TPSA) is 109 Å². The molecule has 0 spiro atoms. The second-order valence-corrected chi connectivity index (χ2v) is 5.61. The van der Waals surface area contributed by atoms with Crippen molar-refractivity contribution in [1.82, 2.24) is 0 Å². The van der Waals surface area contributed by atoms with Crippen LogP contribution >= 0.6 is 11.6 Å². The molecule has 0 heterocycles. The monoisotopic (exact) mass is 271 g/mol. The zero-order chi connectivity index (χ0) is 11.9. The van der Waals surface area contributed by atoms with Gasteiger partial charge in [-0.1, -0.05) is 11.6 Å². The number of halogens is 1. The first kappa shape index (κ1) is 12.4. The Kier molecular flexibility index (Phi) is 3.08. The molecule has 6 nitrogen and oxygen atoms in total. The minimum absolute atomic E-state index is 0.618. The first-order chi connectivity index (χ1) is 6.62. The van der Waals surface area contributed by atoms with Crippen LogP contribution < -0.4 is 0 Å². The molecular weight excluding hydrogens is 268 g/mol. The summed E-state index contributed by atoms with van der Waals surface area (Å²) in [5.74, 6) is 0. The van der Waals surface area contributed by atoms with E-state index in [1.54, 1.807) is 0 Å². The predicted molar refractivity (Wildman–Crippen MR) is 49.9 cm³/mol. The predicted octanol–water partition coefficient (Wildman–Crippen LogP) is 0.634. The Labute approximate surface area is 91.0 Å². The van der Waals surface area contributed by atoms with Gasteiger partial charge in [-0.25, -0.2) is 0 Å². The van der Waals surface area contributed by atoms with Crippen molar-refractivity contribution >= 4 is 31.8 Å². The van der Waals surface area contributed by atoms with Gasteiger partial charge in [-0.3, -0.25) is 9.11 Å². The molecule has 2 N–H and O–H groups in total. The number of hydrogen-bond donors (Lipinski definition) is 2. The van der Waals surface area contributed by atoms with Crippen LogP contribution in [-0.2, 0) is 20.2 Å². The van der Waals surface area contributed by atoms with Crippen molar-refractivity contribution in [3.05, 3.63) is 23.2 Å². The van der Waals surface area contributed by atoms with Crippen LogP contribution in [0.3, 0.4) is 0 Å². The second kappa shape index (κ2) is 3.72. The molecule has 0 saturated carbocycles. The van der Waals surface area contributed by atoms with E-state index < -0.39 is 35.0 Å². The Morgan fingerprint density at radius 1 is 1.07 bits per heavy atom. The highest BCUT2D eigenvalue weighted by Crippen LogP contribution is 2.23. The summed E-state index contributed by atoms with van der Waals surface area (Å²) in [6.45, 7) is 0. The summed E-state index contributed by atoms with van der Waals surface area (Å²) in [5, 5.41) is -0.618. The molecule has 0 fully saturated rings. The van der Waals surface area contributed by atoms with E-state index in [2.05, 4.69) is 0 Å². The van der Waals surface area contributed by atoms with Gasteiger partial charge < -0.3 is 0 Å². The average molecular weight is 272 g/mol. The first-order valence-electron chi connectivity index (χ1n) is 3.29. The summed E-state index contributed by atoms with van der Waals surface area (Å²) in [7, 11) is -9.04. The van der Waals surface area contributed by atoms with Gasteiger partial charge in [-0.2, -0.15) is 16.8 Å². The van der Waals surface area contributed by atoms with Crippen LogP contribution in [0.4, 0.5) is 0 Å². The van der Waals surface area contributed by atoms with Gasteiger partial charge >= 0.3 is 0 Å². The summed E-state index contributed by atoms with van der Waals surface area (Å²) in [5.41, 5.74) is 0. The van der Waals surface area contributed by atoms with Gasteiger partial charge in [0.2, 0.25) is 0 Å².